The molecule has 0 unspecified atom stereocenters. The predicted octanol–water partition coefficient (Wildman–Crippen LogP) is 1.23. The Morgan fingerprint density at radius 2 is 2.03 bits per heavy atom. The zero-order valence-electron chi connectivity index (χ0n) is 18.7. The number of hydrogen-bond donors (Lipinski definition) is 4. The Hall–Kier alpha value is -3.49. The van der Waals surface area contributed by atoms with E-state index in [1.165, 1.54) is 0 Å². The van der Waals surface area contributed by atoms with Crippen LogP contribution in [-0.2, 0) is 25.5 Å². The Bertz CT molecular complexity index is 1020. The predicted molar refractivity (Wildman–Crippen MR) is 119 cm³/mol. The number of aromatic nitrogens is 1. The number of H-pyrrole nitrogens is 1. The summed E-state index contributed by atoms with van der Waals surface area (Å²) in [6.07, 6.45) is 0.670. The molecule has 0 saturated heterocycles. The Morgan fingerprint density at radius 1 is 1.31 bits per heavy atom. The zero-order chi connectivity index (χ0) is 23.8. The van der Waals surface area contributed by atoms with Crippen LogP contribution >= 0.6 is 0 Å². The second-order valence-electron chi connectivity index (χ2n) is 7.94. The third-order valence-electron chi connectivity index (χ3n) is 4.82. The number of hydrogen-bond acceptors (Lipinski definition) is 7. The number of ether oxygens (including phenoxy) is 1. The summed E-state index contributed by atoms with van der Waals surface area (Å²) in [6.45, 7) is 3.34. The SMILES string of the molecule is CC(C)OC(=O)[C@H](CCC(=O)C=[N+]=N)NC(=O)[C@@H](O)Cc1c[nH]c2c(N(C)C)cccc12. The minimum Gasteiger partial charge on any atom is -0.461 e. The van der Waals surface area contributed by atoms with Crippen molar-refractivity contribution in [1.29, 1.82) is 5.53 Å². The molecule has 1 amide bonds. The lowest BCUT2D eigenvalue weighted by Crippen LogP contribution is -2.47. The summed E-state index contributed by atoms with van der Waals surface area (Å²) in [4.78, 5) is 44.7. The van der Waals surface area contributed by atoms with Crippen molar-refractivity contribution >= 4 is 40.5 Å². The number of anilines is 1. The first-order chi connectivity index (χ1) is 15.1. The van der Waals surface area contributed by atoms with Crippen LogP contribution in [0, 0.1) is 5.53 Å². The van der Waals surface area contributed by atoms with Crippen molar-refractivity contribution in [1.82, 2.24) is 10.3 Å². The van der Waals surface area contributed by atoms with Crippen LogP contribution in [0.15, 0.2) is 24.4 Å². The molecule has 1 aromatic carbocycles. The summed E-state index contributed by atoms with van der Waals surface area (Å²) in [6, 6.07) is 4.66. The molecule has 0 fully saturated rings. The van der Waals surface area contributed by atoms with Crippen molar-refractivity contribution in [2.24, 2.45) is 0 Å². The summed E-state index contributed by atoms with van der Waals surface area (Å²) >= 11 is 0. The van der Waals surface area contributed by atoms with Gasteiger partial charge in [-0.25, -0.2) is 4.79 Å². The number of esters is 1. The van der Waals surface area contributed by atoms with Crippen molar-refractivity contribution in [3.05, 3.63) is 30.0 Å². The Balaban J connectivity index is 2.12. The van der Waals surface area contributed by atoms with Gasteiger partial charge in [0, 0.05) is 38.5 Å². The Kier molecular flexibility index (Phi) is 8.69. The molecule has 0 saturated carbocycles. The number of aliphatic hydroxyl groups is 1. The number of carbonyl (C=O) groups is 3. The minimum absolute atomic E-state index is 0.0336. The Morgan fingerprint density at radius 3 is 2.66 bits per heavy atom. The van der Waals surface area contributed by atoms with Crippen LogP contribution < -0.4 is 10.2 Å². The molecular weight excluding hydrogens is 414 g/mol. The highest BCUT2D eigenvalue weighted by Crippen LogP contribution is 2.27. The molecule has 0 aliphatic carbocycles. The van der Waals surface area contributed by atoms with E-state index in [9.17, 15) is 19.5 Å². The maximum Gasteiger partial charge on any atom is 0.372 e. The van der Waals surface area contributed by atoms with E-state index in [-0.39, 0.29) is 19.3 Å². The molecule has 172 valence electrons. The monoisotopic (exact) mass is 444 g/mol. The molecule has 2 rings (SSSR count). The molecule has 2 atom stereocenters. The summed E-state index contributed by atoms with van der Waals surface area (Å²) in [5.74, 6) is -1.89. The van der Waals surface area contributed by atoms with Gasteiger partial charge < -0.3 is 25.0 Å². The number of Topliss-reactive ketones (excluding diaryl/α,β-unsaturated/α-hetero) is 1. The third kappa shape index (κ3) is 6.50. The highest BCUT2D eigenvalue weighted by molar-refractivity contribution is 6.25. The molecule has 4 N–H and O–H groups in total. The smallest absolute Gasteiger partial charge is 0.372 e. The maximum atomic E-state index is 12.6. The lowest BCUT2D eigenvalue weighted by atomic mass is 10.0. The van der Waals surface area contributed by atoms with Gasteiger partial charge in [-0.15, -0.1) is 0 Å². The van der Waals surface area contributed by atoms with Gasteiger partial charge in [-0.05, 0) is 31.9 Å². The van der Waals surface area contributed by atoms with Crippen LogP contribution in [0.25, 0.3) is 10.9 Å². The fourth-order valence-electron chi connectivity index (χ4n) is 3.29. The van der Waals surface area contributed by atoms with Crippen LogP contribution in [0.5, 0.6) is 0 Å². The molecule has 10 nitrogen and oxygen atoms in total. The van der Waals surface area contributed by atoms with Gasteiger partial charge in [-0.3, -0.25) is 9.59 Å². The minimum atomic E-state index is -1.41. The summed E-state index contributed by atoms with van der Waals surface area (Å²) in [5.41, 5.74) is 9.33. The highest BCUT2D eigenvalue weighted by Gasteiger charge is 2.28. The van der Waals surface area contributed by atoms with Gasteiger partial charge in [-0.2, -0.15) is 0 Å². The molecule has 0 bridgehead atoms. The zero-order valence-corrected chi connectivity index (χ0v) is 18.7. The fourth-order valence-corrected chi connectivity index (χ4v) is 3.29. The molecule has 0 aliphatic heterocycles. The number of ketones is 1. The Labute approximate surface area is 186 Å². The second kappa shape index (κ2) is 11.2. The molecule has 0 spiro atoms. The van der Waals surface area contributed by atoms with Crippen LogP contribution in [0.2, 0.25) is 0 Å². The van der Waals surface area contributed by atoms with E-state index in [0.29, 0.717) is 0 Å². The number of fused-ring (bicyclic) bond motifs is 1. The maximum absolute atomic E-state index is 12.6. The molecule has 1 aromatic heterocycles. The number of carbonyl (C=O) groups excluding carboxylic acids is 3. The number of aliphatic hydroxyl groups excluding tert-OH is 1. The van der Waals surface area contributed by atoms with Crippen molar-refractivity contribution < 1.29 is 29.0 Å². The molecule has 32 heavy (non-hydrogen) atoms. The third-order valence-corrected chi connectivity index (χ3v) is 4.82. The summed E-state index contributed by atoms with van der Waals surface area (Å²) in [7, 11) is 3.85. The number of nitrogens with one attached hydrogen (secondary N) is 3. The highest BCUT2D eigenvalue weighted by atomic mass is 16.5. The van der Waals surface area contributed by atoms with Crippen LogP contribution in [0.4, 0.5) is 5.69 Å². The van der Waals surface area contributed by atoms with Crippen molar-refractivity contribution in [2.75, 3.05) is 19.0 Å². The topological polar surface area (TPSA) is 150 Å². The van der Waals surface area contributed by atoms with Crippen LogP contribution in [0.1, 0.15) is 32.3 Å². The molecule has 0 aliphatic rings. The molecule has 1 heterocycles. The summed E-state index contributed by atoms with van der Waals surface area (Å²) in [5, 5.41) is 13.9. The van der Waals surface area contributed by atoms with Gasteiger partial charge in [0.25, 0.3) is 0 Å². The average molecular weight is 445 g/mol. The van der Waals surface area contributed by atoms with Gasteiger partial charge >= 0.3 is 12.2 Å². The molecular formula is C22H30N5O5+. The first-order valence-corrected chi connectivity index (χ1v) is 10.3. The first kappa shape index (κ1) is 24.8. The number of benzene rings is 1. The van der Waals surface area contributed by atoms with E-state index < -0.39 is 35.9 Å². The van der Waals surface area contributed by atoms with Gasteiger partial charge in [0.2, 0.25) is 11.7 Å². The van der Waals surface area contributed by atoms with Crippen molar-refractivity contribution in [3.63, 3.8) is 0 Å². The lowest BCUT2D eigenvalue weighted by Gasteiger charge is -2.20. The average Bonchev–Trinajstić information content (AvgIpc) is 3.13. The number of aromatic amines is 1. The number of amides is 1. The van der Waals surface area contributed by atoms with E-state index in [1.807, 2.05) is 37.2 Å². The lowest BCUT2D eigenvalue weighted by molar-refractivity contribution is -0.152. The summed E-state index contributed by atoms with van der Waals surface area (Å²) < 4.78 is 5.16. The fraction of sp³-hybridized carbons (Fsp3) is 0.455. The van der Waals surface area contributed by atoms with Crippen LogP contribution in [0.3, 0.4) is 0 Å². The molecule has 10 heteroatoms. The van der Waals surface area contributed by atoms with E-state index in [0.717, 1.165) is 28.4 Å². The largest absolute Gasteiger partial charge is 0.461 e. The van der Waals surface area contributed by atoms with E-state index >= 15 is 0 Å². The normalized spacial score (nSPS) is 12.7. The van der Waals surface area contributed by atoms with E-state index in [4.69, 9.17) is 10.3 Å². The quantitative estimate of drug-likeness (QED) is 0.177. The van der Waals surface area contributed by atoms with Crippen molar-refractivity contribution in [3.8, 4) is 0 Å². The van der Waals surface area contributed by atoms with E-state index in [2.05, 4.69) is 15.1 Å². The molecule has 2 aromatic rings. The van der Waals surface area contributed by atoms with Gasteiger partial charge in [-0.1, -0.05) is 12.1 Å². The van der Waals surface area contributed by atoms with E-state index in [1.54, 1.807) is 20.0 Å². The van der Waals surface area contributed by atoms with Gasteiger partial charge in [0.1, 0.15) is 12.1 Å². The molecule has 0 radical (unpaired) electrons. The standard InChI is InChI=1S/C22H29N5O5/c1-13(2)32-22(31)17(9-8-15(28)12-25-23)26-21(30)19(29)10-14-11-24-20-16(14)6-5-7-18(20)27(3)4/h5-7,11-13,17,19,23-24,29H,8-10H2,1-4H3/p+1/t17-,19-/m0/s1. The number of rotatable bonds is 11. The number of nitrogens with zero attached hydrogens (tertiary/aromatic N) is 2. The number of para-hydroxylation sites is 1. The second-order valence-corrected chi connectivity index (χ2v) is 7.94. The van der Waals surface area contributed by atoms with Crippen LogP contribution in [-0.4, -0.2) is 71.1 Å². The van der Waals surface area contributed by atoms with Crippen molar-refractivity contribution in [2.45, 2.75) is 51.4 Å². The first-order valence-electron chi connectivity index (χ1n) is 10.3. The van der Waals surface area contributed by atoms with Gasteiger partial charge in [0.15, 0.2) is 0 Å². The van der Waals surface area contributed by atoms with Gasteiger partial charge in [0.05, 0.1) is 27.6 Å².